The van der Waals surface area contributed by atoms with Gasteiger partial charge in [0.2, 0.25) is 0 Å². The Balaban J connectivity index is 1.85. The summed E-state index contributed by atoms with van der Waals surface area (Å²) in [7, 11) is 0. The molecule has 1 aliphatic carbocycles. The Bertz CT molecular complexity index is 676. The molecule has 0 amide bonds. The third-order valence-electron chi connectivity index (χ3n) is 5.17. The van der Waals surface area contributed by atoms with Crippen LogP contribution in [0.2, 0.25) is 0 Å². The van der Waals surface area contributed by atoms with Crippen LogP contribution in [0, 0.1) is 0 Å². The van der Waals surface area contributed by atoms with Crippen molar-refractivity contribution in [1.82, 2.24) is 4.90 Å². The van der Waals surface area contributed by atoms with Crippen LogP contribution in [0.4, 0.5) is 0 Å². The normalized spacial score (nSPS) is 30.1. The van der Waals surface area contributed by atoms with Crippen LogP contribution < -0.4 is 0 Å². The number of hydrogen-bond donors (Lipinski definition) is 0. The molecule has 4 atom stereocenters. The van der Waals surface area contributed by atoms with Gasteiger partial charge in [0.15, 0.2) is 0 Å². The number of nitrogens with zero attached hydrogens (tertiary/aromatic N) is 1. The van der Waals surface area contributed by atoms with Crippen LogP contribution in [-0.2, 0) is 9.53 Å². The average Bonchev–Trinajstić information content (AvgIpc) is 2.65. The lowest BCUT2D eigenvalue weighted by Gasteiger charge is -2.38. The number of allylic oxidation sites excluding steroid dienone is 4. The number of carbonyl (C=O) groups excluding carboxylic acids is 1. The number of ether oxygens (including phenoxy) is 1. The summed E-state index contributed by atoms with van der Waals surface area (Å²) in [5.74, 6) is -0.591. The van der Waals surface area contributed by atoms with Crippen LogP contribution in [0.25, 0.3) is 0 Å². The molecule has 5 heteroatoms. The number of likely N-dealkylation sites (tertiary alicyclic amines) is 1. The molecule has 2 aliphatic rings. The minimum atomic E-state index is -0.556. The summed E-state index contributed by atoms with van der Waals surface area (Å²) in [4.78, 5) is 15.7. The molecule has 26 heavy (non-hydrogen) atoms. The van der Waals surface area contributed by atoms with Crippen molar-refractivity contribution < 1.29 is 9.53 Å². The molecule has 0 aromatic heterocycles. The zero-order valence-corrected chi connectivity index (χ0v) is 18.2. The molecule has 0 saturated carbocycles. The summed E-state index contributed by atoms with van der Waals surface area (Å²) in [6, 6.07) is 9.91. The quantitative estimate of drug-likeness (QED) is 0.445. The van der Waals surface area contributed by atoms with E-state index in [0.717, 1.165) is 38.0 Å². The van der Waals surface area contributed by atoms with Crippen molar-refractivity contribution in [2.45, 2.75) is 40.9 Å². The summed E-state index contributed by atoms with van der Waals surface area (Å²) in [5.41, 5.74) is 0.960. The maximum absolute atomic E-state index is 13.3. The summed E-state index contributed by atoms with van der Waals surface area (Å²) >= 11 is 7.58. The lowest BCUT2D eigenvalue weighted by Crippen LogP contribution is -2.45. The molecule has 0 spiro atoms. The Labute approximate surface area is 172 Å². The van der Waals surface area contributed by atoms with Crippen molar-refractivity contribution in [3.8, 4) is 0 Å². The van der Waals surface area contributed by atoms with Gasteiger partial charge in [-0.2, -0.15) is 0 Å². The third-order valence-corrected chi connectivity index (χ3v) is 8.06. The molecule has 0 bridgehead atoms. The number of alkyl halides is 2. The second-order valence-corrected chi connectivity index (χ2v) is 9.27. The van der Waals surface area contributed by atoms with Crippen molar-refractivity contribution >= 4 is 37.8 Å². The van der Waals surface area contributed by atoms with Gasteiger partial charge in [0, 0.05) is 6.54 Å². The second kappa shape index (κ2) is 8.85. The average molecular weight is 483 g/mol. The van der Waals surface area contributed by atoms with Crippen molar-refractivity contribution in [2.24, 2.45) is 0 Å². The van der Waals surface area contributed by atoms with E-state index in [2.05, 4.69) is 49.8 Å². The highest BCUT2D eigenvalue weighted by Crippen LogP contribution is 2.46. The van der Waals surface area contributed by atoms with Gasteiger partial charge in [-0.3, -0.25) is 9.69 Å². The van der Waals surface area contributed by atoms with Crippen LogP contribution in [0.3, 0.4) is 0 Å². The Kier molecular flexibility index (Phi) is 6.76. The van der Waals surface area contributed by atoms with Crippen molar-refractivity contribution in [3.63, 3.8) is 0 Å². The maximum atomic E-state index is 13.3. The van der Waals surface area contributed by atoms with Gasteiger partial charge in [0.1, 0.15) is 12.0 Å². The molecule has 140 valence electrons. The third kappa shape index (κ3) is 4.32. The molecule has 3 rings (SSSR count). The Hall–Kier alpha value is -0.910. The van der Waals surface area contributed by atoms with E-state index in [4.69, 9.17) is 4.74 Å². The minimum absolute atomic E-state index is 0.00347. The predicted octanol–water partition coefficient (Wildman–Crippen LogP) is 4.82. The van der Waals surface area contributed by atoms with Crippen LogP contribution in [0.5, 0.6) is 0 Å². The van der Waals surface area contributed by atoms with E-state index < -0.39 is 10.2 Å². The largest absolute Gasteiger partial charge is 0.460 e. The minimum Gasteiger partial charge on any atom is -0.460 e. The number of carbonyl (C=O) groups is 1. The first-order chi connectivity index (χ1) is 12.5. The lowest BCUT2D eigenvalue weighted by molar-refractivity contribution is -0.154. The molecule has 1 saturated heterocycles. The number of benzene rings is 1. The smallest absolute Gasteiger partial charge is 0.315 e. The molecule has 1 fully saturated rings. The number of esters is 1. The second-order valence-electron chi connectivity index (χ2n) is 6.91. The van der Waals surface area contributed by atoms with Crippen LogP contribution in [-0.4, -0.2) is 45.8 Å². The molecule has 4 unspecified atom stereocenters. The Morgan fingerprint density at radius 2 is 2.12 bits per heavy atom. The van der Waals surface area contributed by atoms with Gasteiger partial charge >= 0.3 is 5.97 Å². The van der Waals surface area contributed by atoms with Crippen LogP contribution in [0.1, 0.15) is 31.2 Å². The van der Waals surface area contributed by atoms with E-state index >= 15 is 0 Å². The summed E-state index contributed by atoms with van der Waals surface area (Å²) < 4.78 is 5.46. The molecule has 1 aliphatic heterocycles. The topological polar surface area (TPSA) is 29.5 Å². The SMILES string of the molecule is CCN1CCCC(OC(=O)C(c2ccccc2)C2(Br)C=CC=CC2Br)C1. The van der Waals surface area contributed by atoms with Gasteiger partial charge in [0.05, 0.1) is 9.15 Å². The highest BCUT2D eigenvalue weighted by molar-refractivity contribution is 9.12. The Morgan fingerprint density at radius 3 is 2.81 bits per heavy atom. The number of rotatable bonds is 5. The van der Waals surface area contributed by atoms with Gasteiger partial charge < -0.3 is 4.74 Å². The fourth-order valence-corrected chi connectivity index (χ4v) is 5.06. The molecular formula is C21H25Br2NO2. The fraction of sp³-hybridized carbons (Fsp3) is 0.476. The zero-order valence-electron chi connectivity index (χ0n) is 15.0. The van der Waals surface area contributed by atoms with Gasteiger partial charge in [-0.1, -0.05) is 93.4 Å². The molecular weight excluding hydrogens is 458 g/mol. The standard InChI is InChI=1S/C21H25Br2NO2/c1-2-24-14-8-11-17(15-24)26-20(25)19(16-9-4-3-5-10-16)21(23)13-7-6-12-18(21)22/h3-7,9-10,12-13,17-19H,2,8,11,14-15H2,1H3. The fourth-order valence-electron chi connectivity index (χ4n) is 3.71. The molecule has 0 N–H and O–H groups in total. The number of likely N-dealkylation sites (N-methyl/N-ethyl adjacent to an activating group) is 1. The van der Waals surface area contributed by atoms with E-state index in [1.807, 2.05) is 48.6 Å². The lowest BCUT2D eigenvalue weighted by atomic mass is 9.81. The highest BCUT2D eigenvalue weighted by Gasteiger charge is 2.46. The van der Waals surface area contributed by atoms with Crippen molar-refractivity contribution in [1.29, 1.82) is 0 Å². The summed E-state index contributed by atoms with van der Waals surface area (Å²) in [6.07, 6.45) is 10.1. The van der Waals surface area contributed by atoms with Crippen molar-refractivity contribution in [2.75, 3.05) is 19.6 Å². The summed E-state index contributed by atoms with van der Waals surface area (Å²) in [6.45, 7) is 5.06. The van der Waals surface area contributed by atoms with E-state index in [-0.39, 0.29) is 16.9 Å². The molecule has 3 nitrogen and oxygen atoms in total. The van der Waals surface area contributed by atoms with Crippen LogP contribution in [0.15, 0.2) is 54.6 Å². The van der Waals surface area contributed by atoms with E-state index in [9.17, 15) is 4.79 Å². The Morgan fingerprint density at radius 1 is 1.35 bits per heavy atom. The van der Waals surface area contributed by atoms with Gasteiger partial charge in [-0.15, -0.1) is 0 Å². The first-order valence-corrected chi connectivity index (χ1v) is 10.9. The monoisotopic (exact) mass is 481 g/mol. The molecule has 1 aromatic rings. The first kappa shape index (κ1) is 19.8. The van der Waals surface area contributed by atoms with Crippen LogP contribution >= 0.6 is 31.9 Å². The summed E-state index contributed by atoms with van der Waals surface area (Å²) in [5, 5.41) is 0. The van der Waals surface area contributed by atoms with E-state index in [1.54, 1.807) is 0 Å². The maximum Gasteiger partial charge on any atom is 0.315 e. The van der Waals surface area contributed by atoms with Gasteiger partial charge in [-0.05, 0) is 31.5 Å². The van der Waals surface area contributed by atoms with Crippen molar-refractivity contribution in [3.05, 3.63) is 60.2 Å². The predicted molar refractivity (Wildman–Crippen MR) is 113 cm³/mol. The van der Waals surface area contributed by atoms with Gasteiger partial charge in [-0.25, -0.2) is 0 Å². The first-order valence-electron chi connectivity index (χ1n) is 9.21. The molecule has 0 radical (unpaired) electrons. The highest BCUT2D eigenvalue weighted by atomic mass is 79.9. The number of hydrogen-bond acceptors (Lipinski definition) is 3. The van der Waals surface area contributed by atoms with E-state index in [1.165, 1.54) is 0 Å². The number of piperidine rings is 1. The zero-order chi connectivity index (χ0) is 18.6. The molecule has 1 heterocycles. The van der Waals surface area contributed by atoms with Gasteiger partial charge in [0.25, 0.3) is 0 Å². The van der Waals surface area contributed by atoms with E-state index in [0.29, 0.717) is 0 Å². The molecule has 1 aromatic carbocycles. The number of halogens is 2.